The molecule has 0 aliphatic heterocycles. The number of carbonyl (C=O) groups excluding carboxylic acids is 1. The third kappa shape index (κ3) is 5.64. The van der Waals surface area contributed by atoms with Gasteiger partial charge in [0.2, 0.25) is 10.0 Å². The average Bonchev–Trinajstić information content (AvgIpc) is 3.33. The van der Waals surface area contributed by atoms with Crippen LogP contribution in [0.4, 0.5) is 5.13 Å². The van der Waals surface area contributed by atoms with Gasteiger partial charge in [-0.15, -0.1) is 0 Å². The highest BCUT2D eigenvalue weighted by Crippen LogP contribution is 2.32. The first-order valence-corrected chi connectivity index (χ1v) is 14.3. The summed E-state index contributed by atoms with van der Waals surface area (Å²) in [5.74, 6) is -0.253. The molecule has 0 radical (unpaired) electrons. The number of unbranched alkanes of at least 4 members (excludes halogenated alkanes) is 1. The molecule has 0 saturated carbocycles. The Morgan fingerprint density at radius 3 is 2.47 bits per heavy atom. The van der Waals surface area contributed by atoms with Gasteiger partial charge in [-0.2, -0.15) is 0 Å². The van der Waals surface area contributed by atoms with Gasteiger partial charge in [0.25, 0.3) is 5.91 Å². The van der Waals surface area contributed by atoms with Crippen molar-refractivity contribution in [3.63, 3.8) is 0 Å². The van der Waals surface area contributed by atoms with E-state index in [1.807, 2.05) is 25.1 Å². The van der Waals surface area contributed by atoms with E-state index in [1.54, 1.807) is 36.5 Å². The Morgan fingerprint density at radius 1 is 1.03 bits per heavy atom. The number of thiazole rings is 1. The topological polar surface area (TPSA) is 83.5 Å². The molecule has 2 aromatic carbocycles. The van der Waals surface area contributed by atoms with Gasteiger partial charge in [-0.25, -0.2) is 17.7 Å². The van der Waals surface area contributed by atoms with Crippen molar-refractivity contribution in [3.05, 3.63) is 83.7 Å². The molecule has 9 heteroatoms. The molecule has 0 aliphatic carbocycles. The number of anilines is 1. The number of aryl methyl sites for hydroxylation is 1. The first-order chi connectivity index (χ1) is 17.3. The summed E-state index contributed by atoms with van der Waals surface area (Å²) in [6, 6.07) is 16.0. The predicted octanol–water partition coefficient (Wildman–Crippen LogP) is 5.52. The summed E-state index contributed by atoms with van der Waals surface area (Å²) in [6.07, 6.45) is 6.04. The Balaban J connectivity index is 1.66. The van der Waals surface area contributed by atoms with E-state index in [1.165, 1.54) is 33.3 Å². The number of hydrogen-bond donors (Lipinski definition) is 0. The molecule has 0 atom stereocenters. The predicted molar refractivity (Wildman–Crippen MR) is 145 cm³/mol. The van der Waals surface area contributed by atoms with Crippen LogP contribution < -0.4 is 4.90 Å². The van der Waals surface area contributed by atoms with Crippen molar-refractivity contribution in [1.82, 2.24) is 14.3 Å². The second kappa shape index (κ2) is 11.3. The van der Waals surface area contributed by atoms with Crippen molar-refractivity contribution in [1.29, 1.82) is 0 Å². The lowest BCUT2D eigenvalue weighted by Gasteiger charge is -2.20. The van der Waals surface area contributed by atoms with Crippen molar-refractivity contribution in [2.45, 2.75) is 44.6 Å². The van der Waals surface area contributed by atoms with Crippen LogP contribution in [-0.2, 0) is 23.0 Å². The van der Waals surface area contributed by atoms with Crippen LogP contribution in [0.25, 0.3) is 10.2 Å². The van der Waals surface area contributed by atoms with Crippen LogP contribution >= 0.6 is 11.3 Å². The Bertz CT molecular complexity index is 1440. The molecule has 0 spiro atoms. The van der Waals surface area contributed by atoms with Crippen LogP contribution in [-0.4, -0.2) is 42.2 Å². The summed E-state index contributed by atoms with van der Waals surface area (Å²) in [4.78, 5) is 24.4. The number of sulfonamides is 1. The number of carbonyl (C=O) groups is 1. The van der Waals surface area contributed by atoms with Crippen LogP contribution in [0.3, 0.4) is 0 Å². The Kier molecular flexibility index (Phi) is 8.13. The molecule has 0 saturated heterocycles. The molecular formula is C27H30N4O3S2. The van der Waals surface area contributed by atoms with Crippen molar-refractivity contribution in [2.24, 2.45) is 0 Å². The Labute approximate surface area is 216 Å². The highest BCUT2D eigenvalue weighted by atomic mass is 32.2. The van der Waals surface area contributed by atoms with Gasteiger partial charge in [-0.05, 0) is 66.4 Å². The van der Waals surface area contributed by atoms with Gasteiger partial charge in [0.1, 0.15) is 0 Å². The van der Waals surface area contributed by atoms with E-state index >= 15 is 0 Å². The van der Waals surface area contributed by atoms with Crippen LogP contribution in [0, 0.1) is 0 Å². The molecular weight excluding hydrogens is 492 g/mol. The van der Waals surface area contributed by atoms with E-state index in [0.29, 0.717) is 23.8 Å². The maximum atomic E-state index is 13.7. The molecule has 4 rings (SSSR count). The van der Waals surface area contributed by atoms with Gasteiger partial charge in [-0.3, -0.25) is 14.7 Å². The fourth-order valence-corrected chi connectivity index (χ4v) is 6.04. The van der Waals surface area contributed by atoms with Gasteiger partial charge in [0, 0.05) is 31.5 Å². The number of hydrogen-bond acceptors (Lipinski definition) is 6. The fraction of sp³-hybridized carbons (Fsp3) is 0.296. The zero-order valence-electron chi connectivity index (χ0n) is 20.7. The molecule has 4 aromatic rings. The lowest BCUT2D eigenvalue weighted by molar-refractivity contribution is 0.0985. The van der Waals surface area contributed by atoms with Gasteiger partial charge in [0.15, 0.2) is 5.13 Å². The maximum Gasteiger partial charge on any atom is 0.260 e. The van der Waals surface area contributed by atoms with Crippen molar-refractivity contribution in [3.8, 4) is 0 Å². The fourth-order valence-electron chi connectivity index (χ4n) is 3.80. The van der Waals surface area contributed by atoms with E-state index in [-0.39, 0.29) is 10.8 Å². The third-order valence-corrected chi connectivity index (χ3v) is 8.94. The number of rotatable bonds is 10. The van der Waals surface area contributed by atoms with Crippen molar-refractivity contribution in [2.75, 3.05) is 18.5 Å². The highest BCUT2D eigenvalue weighted by molar-refractivity contribution is 7.89. The van der Waals surface area contributed by atoms with Crippen LogP contribution in [0.1, 0.15) is 48.2 Å². The smallest absolute Gasteiger partial charge is 0.260 e. The van der Waals surface area contributed by atoms with Crippen molar-refractivity contribution >= 4 is 42.6 Å². The van der Waals surface area contributed by atoms with E-state index in [2.05, 4.69) is 24.0 Å². The summed E-state index contributed by atoms with van der Waals surface area (Å²) >= 11 is 1.47. The number of nitrogens with zero attached hydrogens (tertiary/aromatic N) is 4. The van der Waals surface area contributed by atoms with E-state index in [9.17, 15) is 13.2 Å². The van der Waals surface area contributed by atoms with Crippen LogP contribution in [0.15, 0.2) is 71.9 Å². The van der Waals surface area contributed by atoms with E-state index in [4.69, 9.17) is 4.98 Å². The van der Waals surface area contributed by atoms with Crippen molar-refractivity contribution < 1.29 is 13.2 Å². The molecule has 0 aliphatic rings. The first kappa shape index (κ1) is 25.9. The normalized spacial score (nSPS) is 11.8. The SMILES string of the molecule is CCCCN(C)S(=O)(=O)c1ccc(C(=O)N(Cc2cccnc2)c2nc3ccc(CC)cc3s2)cc1. The summed E-state index contributed by atoms with van der Waals surface area (Å²) in [6.45, 7) is 4.88. The second-order valence-electron chi connectivity index (χ2n) is 8.61. The quantitative estimate of drug-likeness (QED) is 0.274. The second-order valence-corrected chi connectivity index (χ2v) is 11.7. The molecule has 36 heavy (non-hydrogen) atoms. The molecule has 0 bridgehead atoms. The highest BCUT2D eigenvalue weighted by Gasteiger charge is 2.24. The van der Waals surface area contributed by atoms with Gasteiger partial charge in [0.05, 0.1) is 21.7 Å². The van der Waals surface area contributed by atoms with Gasteiger partial charge >= 0.3 is 0 Å². The molecule has 7 nitrogen and oxygen atoms in total. The molecule has 0 fully saturated rings. The molecule has 1 amide bonds. The zero-order chi connectivity index (χ0) is 25.7. The minimum Gasteiger partial charge on any atom is -0.279 e. The first-order valence-electron chi connectivity index (χ1n) is 12.0. The third-order valence-electron chi connectivity index (χ3n) is 6.03. The van der Waals surface area contributed by atoms with Crippen LogP contribution in [0.5, 0.6) is 0 Å². The maximum absolute atomic E-state index is 13.7. The monoisotopic (exact) mass is 522 g/mol. The Morgan fingerprint density at radius 2 is 1.81 bits per heavy atom. The number of pyridine rings is 1. The summed E-state index contributed by atoms with van der Waals surface area (Å²) in [5.41, 5.74) is 3.31. The molecule has 2 heterocycles. The Hall–Kier alpha value is -3.14. The minimum atomic E-state index is -3.61. The van der Waals surface area contributed by atoms with Gasteiger partial charge in [-0.1, -0.05) is 43.7 Å². The number of amides is 1. The number of benzene rings is 2. The lowest BCUT2D eigenvalue weighted by atomic mass is 10.2. The largest absolute Gasteiger partial charge is 0.279 e. The molecule has 0 N–H and O–H groups in total. The average molecular weight is 523 g/mol. The summed E-state index contributed by atoms with van der Waals surface area (Å²) in [5, 5.41) is 0.586. The number of aromatic nitrogens is 2. The molecule has 2 aromatic heterocycles. The summed E-state index contributed by atoms with van der Waals surface area (Å²) in [7, 11) is -2.03. The summed E-state index contributed by atoms with van der Waals surface area (Å²) < 4.78 is 28.1. The lowest BCUT2D eigenvalue weighted by Crippen LogP contribution is -2.30. The standard InChI is InChI=1S/C27H30N4O3S2/c1-4-6-16-30(3)36(33,34)23-12-10-22(11-13-23)26(32)31(19-21-8-7-15-28-18-21)27-29-24-14-9-20(5-2)17-25(24)35-27/h7-15,17-18H,4-6,16,19H2,1-3H3. The van der Waals surface area contributed by atoms with Crippen LogP contribution in [0.2, 0.25) is 0 Å². The van der Waals surface area contributed by atoms with E-state index in [0.717, 1.165) is 35.0 Å². The van der Waals surface area contributed by atoms with Gasteiger partial charge < -0.3 is 0 Å². The molecule has 188 valence electrons. The molecule has 0 unspecified atom stereocenters. The minimum absolute atomic E-state index is 0.170. The zero-order valence-corrected chi connectivity index (χ0v) is 22.3. The number of fused-ring (bicyclic) bond motifs is 1. The van der Waals surface area contributed by atoms with E-state index < -0.39 is 10.0 Å².